The van der Waals surface area contributed by atoms with Crippen LogP contribution in [-0.2, 0) is 4.74 Å². The van der Waals surface area contributed by atoms with Gasteiger partial charge in [-0.15, -0.1) is 0 Å². The quantitative estimate of drug-likeness (QED) is 0.524. The molecule has 3 fully saturated rings. The van der Waals surface area contributed by atoms with Gasteiger partial charge in [-0.05, 0) is 68.6 Å². The van der Waals surface area contributed by atoms with Crippen LogP contribution in [0.1, 0.15) is 51.9 Å². The zero-order valence-corrected chi connectivity index (χ0v) is 21.9. The smallest absolute Gasteiger partial charge is 0.0722 e. The number of hydrogen-bond donors (Lipinski definition) is 2. The fourth-order valence-electron chi connectivity index (χ4n) is 7.13. The molecule has 3 aliphatic carbocycles. The lowest BCUT2D eigenvalue weighted by molar-refractivity contribution is -0.00743. The molecule has 2 aromatic rings. The standard InChI is InChI=1S/C30H41N5O/c1-23-26-21-34(25-8-16-31-27(20-25)24-6-4-3-5-7-24)18-9-28(26)35(33-23)22-29-10-13-30(14-11-29,15-12-29)32-17-19-36-2/h3-8,16,20,23,32-33H,9-15,17-19,21-22H2,1-2H3. The molecule has 2 aliphatic heterocycles. The maximum Gasteiger partial charge on any atom is 0.0722 e. The third-order valence-electron chi connectivity index (χ3n) is 9.43. The topological polar surface area (TPSA) is 52.7 Å². The molecular formula is C30H41N5O. The molecule has 0 saturated heterocycles. The minimum atomic E-state index is 0.366. The van der Waals surface area contributed by atoms with E-state index in [0.717, 1.165) is 44.9 Å². The minimum absolute atomic E-state index is 0.366. The third-order valence-corrected chi connectivity index (χ3v) is 9.43. The van der Waals surface area contributed by atoms with Crippen molar-refractivity contribution in [3.63, 3.8) is 0 Å². The van der Waals surface area contributed by atoms with Gasteiger partial charge in [0.25, 0.3) is 0 Å². The van der Waals surface area contributed by atoms with Crippen molar-refractivity contribution in [2.45, 2.75) is 63.5 Å². The van der Waals surface area contributed by atoms with E-state index < -0.39 is 0 Å². The summed E-state index contributed by atoms with van der Waals surface area (Å²) in [5.74, 6) is 0. The Morgan fingerprint density at radius 2 is 1.86 bits per heavy atom. The lowest BCUT2D eigenvalue weighted by Crippen LogP contribution is -2.58. The van der Waals surface area contributed by atoms with E-state index in [9.17, 15) is 0 Å². The van der Waals surface area contributed by atoms with Gasteiger partial charge in [0.1, 0.15) is 0 Å². The first kappa shape index (κ1) is 24.0. The van der Waals surface area contributed by atoms with Crippen LogP contribution in [0, 0.1) is 5.41 Å². The van der Waals surface area contributed by atoms with Gasteiger partial charge in [0.15, 0.2) is 0 Å². The van der Waals surface area contributed by atoms with Crippen molar-refractivity contribution >= 4 is 5.69 Å². The average molecular weight is 488 g/mol. The summed E-state index contributed by atoms with van der Waals surface area (Å²) in [7, 11) is 1.79. The first-order valence-corrected chi connectivity index (χ1v) is 13.8. The molecule has 1 atom stereocenters. The molecule has 0 spiro atoms. The molecule has 2 N–H and O–H groups in total. The second kappa shape index (κ2) is 9.81. The Bertz CT molecular complexity index is 1070. The Balaban J connectivity index is 1.13. The number of anilines is 1. The molecule has 1 unspecified atom stereocenters. The SMILES string of the molecule is COCCNC12CCC(CN3NC(C)C4=C3CCN(c3ccnc(-c5ccccc5)c3)C4)(CC1)CC2. The van der Waals surface area contributed by atoms with E-state index >= 15 is 0 Å². The molecule has 0 radical (unpaired) electrons. The van der Waals surface area contributed by atoms with Crippen molar-refractivity contribution in [1.82, 2.24) is 20.7 Å². The van der Waals surface area contributed by atoms with Crippen LogP contribution in [0.5, 0.6) is 0 Å². The van der Waals surface area contributed by atoms with Crippen molar-refractivity contribution in [1.29, 1.82) is 0 Å². The molecule has 36 heavy (non-hydrogen) atoms. The molecule has 3 heterocycles. The largest absolute Gasteiger partial charge is 0.383 e. The minimum Gasteiger partial charge on any atom is -0.383 e. The predicted molar refractivity (Wildman–Crippen MR) is 146 cm³/mol. The Morgan fingerprint density at radius 1 is 1.08 bits per heavy atom. The zero-order chi connectivity index (χ0) is 24.6. The maximum absolute atomic E-state index is 5.28. The molecule has 2 bridgehead atoms. The number of benzene rings is 1. The first-order valence-electron chi connectivity index (χ1n) is 13.8. The van der Waals surface area contributed by atoms with Crippen LogP contribution in [0.3, 0.4) is 0 Å². The van der Waals surface area contributed by atoms with Gasteiger partial charge in [-0.2, -0.15) is 0 Å². The molecule has 0 amide bonds. The van der Waals surface area contributed by atoms with Crippen LogP contribution in [-0.4, -0.2) is 61.5 Å². The van der Waals surface area contributed by atoms with Crippen molar-refractivity contribution in [2.24, 2.45) is 5.41 Å². The average Bonchev–Trinajstić information content (AvgIpc) is 3.24. The van der Waals surface area contributed by atoms with E-state index in [0.29, 0.717) is 17.0 Å². The van der Waals surface area contributed by atoms with Crippen LogP contribution < -0.4 is 15.6 Å². The second-order valence-corrected chi connectivity index (χ2v) is 11.5. The molecule has 5 aliphatic rings. The van der Waals surface area contributed by atoms with E-state index in [1.807, 2.05) is 6.20 Å². The summed E-state index contributed by atoms with van der Waals surface area (Å²) in [6.45, 7) is 7.34. The number of aromatic nitrogens is 1. The first-order chi connectivity index (χ1) is 17.6. The van der Waals surface area contributed by atoms with E-state index in [4.69, 9.17) is 4.74 Å². The number of nitrogens with zero attached hydrogens (tertiary/aromatic N) is 3. The summed E-state index contributed by atoms with van der Waals surface area (Å²) >= 11 is 0. The maximum atomic E-state index is 5.28. The molecule has 7 rings (SSSR count). The van der Waals surface area contributed by atoms with E-state index in [1.165, 1.54) is 49.8 Å². The summed E-state index contributed by atoms with van der Waals surface area (Å²) in [6.07, 6.45) is 11.0. The zero-order valence-electron chi connectivity index (χ0n) is 21.9. The van der Waals surface area contributed by atoms with Crippen molar-refractivity contribution in [2.75, 3.05) is 44.8 Å². The molecule has 6 heteroatoms. The third kappa shape index (κ3) is 4.55. The molecular weight excluding hydrogens is 446 g/mol. The Kier molecular flexibility index (Phi) is 6.53. The Labute approximate surface area is 216 Å². The van der Waals surface area contributed by atoms with Gasteiger partial charge in [0, 0.05) is 74.4 Å². The summed E-state index contributed by atoms with van der Waals surface area (Å²) < 4.78 is 5.28. The summed E-state index contributed by atoms with van der Waals surface area (Å²) in [5.41, 5.74) is 11.3. The fourth-order valence-corrected chi connectivity index (χ4v) is 7.13. The number of rotatable bonds is 8. The number of nitrogens with one attached hydrogen (secondary N) is 2. The van der Waals surface area contributed by atoms with Gasteiger partial charge in [-0.3, -0.25) is 4.98 Å². The van der Waals surface area contributed by atoms with Gasteiger partial charge in [-0.25, -0.2) is 5.43 Å². The highest BCUT2D eigenvalue weighted by Gasteiger charge is 2.49. The van der Waals surface area contributed by atoms with Gasteiger partial charge in [0.2, 0.25) is 0 Å². The van der Waals surface area contributed by atoms with Gasteiger partial charge < -0.3 is 20.0 Å². The molecule has 192 valence electrons. The lowest BCUT2D eigenvalue weighted by Gasteiger charge is -2.55. The van der Waals surface area contributed by atoms with Crippen molar-refractivity contribution in [3.8, 4) is 11.3 Å². The van der Waals surface area contributed by atoms with Gasteiger partial charge in [0.05, 0.1) is 12.3 Å². The normalized spacial score (nSPS) is 29.7. The highest BCUT2D eigenvalue weighted by atomic mass is 16.5. The van der Waals surface area contributed by atoms with Crippen LogP contribution in [0.2, 0.25) is 0 Å². The van der Waals surface area contributed by atoms with Crippen LogP contribution in [0.25, 0.3) is 11.3 Å². The number of methoxy groups -OCH3 is 1. The number of fused-ring (bicyclic) bond motifs is 3. The van der Waals surface area contributed by atoms with Crippen LogP contribution in [0.4, 0.5) is 5.69 Å². The van der Waals surface area contributed by atoms with E-state index in [2.05, 4.69) is 75.0 Å². The van der Waals surface area contributed by atoms with Gasteiger partial charge in [-0.1, -0.05) is 30.3 Å². The number of ether oxygens (including phenoxy) is 1. The van der Waals surface area contributed by atoms with Gasteiger partial charge >= 0.3 is 0 Å². The number of pyridine rings is 1. The fraction of sp³-hybridized carbons (Fsp3) is 0.567. The van der Waals surface area contributed by atoms with E-state index in [1.54, 1.807) is 18.4 Å². The highest BCUT2D eigenvalue weighted by Crippen LogP contribution is 2.53. The molecule has 6 nitrogen and oxygen atoms in total. The van der Waals surface area contributed by atoms with Crippen molar-refractivity contribution in [3.05, 3.63) is 59.9 Å². The monoisotopic (exact) mass is 487 g/mol. The van der Waals surface area contributed by atoms with Crippen molar-refractivity contribution < 1.29 is 4.74 Å². The predicted octanol–water partition coefficient (Wildman–Crippen LogP) is 4.75. The summed E-state index contributed by atoms with van der Waals surface area (Å²) in [6, 6.07) is 15.3. The van der Waals surface area contributed by atoms with Crippen LogP contribution >= 0.6 is 0 Å². The second-order valence-electron chi connectivity index (χ2n) is 11.5. The number of hydrazine groups is 1. The highest BCUT2D eigenvalue weighted by molar-refractivity contribution is 5.65. The molecule has 1 aromatic carbocycles. The molecule has 3 saturated carbocycles. The number of hydrogen-bond acceptors (Lipinski definition) is 6. The summed E-state index contributed by atoms with van der Waals surface area (Å²) in [5, 5.41) is 6.41. The Hall–Kier alpha value is -2.41. The Morgan fingerprint density at radius 3 is 2.61 bits per heavy atom. The van der Waals surface area contributed by atoms with Crippen LogP contribution in [0.15, 0.2) is 59.9 Å². The summed E-state index contributed by atoms with van der Waals surface area (Å²) in [4.78, 5) is 7.18. The van der Waals surface area contributed by atoms with E-state index in [-0.39, 0.29) is 0 Å². The lowest BCUT2D eigenvalue weighted by atomic mass is 9.57. The molecule has 1 aromatic heterocycles.